The third-order valence-corrected chi connectivity index (χ3v) is 2.96. The van der Waals surface area contributed by atoms with Crippen molar-refractivity contribution >= 4 is 11.8 Å². The quantitative estimate of drug-likeness (QED) is 0.649. The number of nitrogens with one attached hydrogen (secondary N) is 2. The topological polar surface area (TPSA) is 91.2 Å². The molecule has 0 saturated carbocycles. The van der Waals surface area contributed by atoms with Gasteiger partial charge in [-0.05, 0) is 13.0 Å². The van der Waals surface area contributed by atoms with Crippen molar-refractivity contribution in [3.05, 3.63) is 23.5 Å². The predicted octanol–water partition coefficient (Wildman–Crippen LogP) is -0.452. The van der Waals surface area contributed by atoms with Crippen molar-refractivity contribution in [3.8, 4) is 0 Å². The molecule has 2 rings (SSSR count). The molecule has 1 saturated heterocycles. The highest BCUT2D eigenvalue weighted by molar-refractivity contribution is 5.98. The highest BCUT2D eigenvalue weighted by Crippen LogP contribution is 2.10. The molecule has 6 nitrogen and oxygen atoms in total. The minimum Gasteiger partial charge on any atom is -0.366 e. The summed E-state index contributed by atoms with van der Waals surface area (Å²) in [5, 5.41) is 3.22. The van der Waals surface area contributed by atoms with E-state index in [9.17, 15) is 9.59 Å². The van der Waals surface area contributed by atoms with Crippen molar-refractivity contribution in [2.75, 3.05) is 19.6 Å². The van der Waals surface area contributed by atoms with E-state index in [0.29, 0.717) is 17.8 Å². The van der Waals surface area contributed by atoms with Gasteiger partial charge in [0.05, 0.1) is 5.56 Å². The zero-order chi connectivity index (χ0) is 12.4. The molecule has 1 aromatic heterocycles. The van der Waals surface area contributed by atoms with E-state index in [1.54, 1.807) is 4.90 Å². The third-order valence-electron chi connectivity index (χ3n) is 2.96. The third kappa shape index (κ3) is 2.31. The van der Waals surface area contributed by atoms with Gasteiger partial charge in [0, 0.05) is 31.9 Å². The monoisotopic (exact) mass is 236 g/mol. The number of amides is 2. The van der Waals surface area contributed by atoms with Gasteiger partial charge in [0.2, 0.25) is 5.91 Å². The molecule has 1 aliphatic rings. The van der Waals surface area contributed by atoms with E-state index in [1.807, 2.05) is 6.92 Å². The molecule has 2 amide bonds. The number of carbonyl (C=O) groups is 2. The molecule has 0 unspecified atom stereocenters. The van der Waals surface area contributed by atoms with Gasteiger partial charge in [0.15, 0.2) is 0 Å². The Morgan fingerprint density at radius 2 is 2.29 bits per heavy atom. The van der Waals surface area contributed by atoms with Gasteiger partial charge in [-0.3, -0.25) is 9.59 Å². The maximum atomic E-state index is 12.2. The first kappa shape index (κ1) is 11.7. The Kier molecular flexibility index (Phi) is 3.14. The Labute approximate surface area is 99.2 Å². The van der Waals surface area contributed by atoms with Crippen molar-refractivity contribution in [2.24, 2.45) is 5.73 Å². The average Bonchev–Trinajstić information content (AvgIpc) is 2.78. The molecular formula is C11H16N4O2. The Bertz CT molecular complexity index is 440. The van der Waals surface area contributed by atoms with Crippen LogP contribution >= 0.6 is 0 Å². The van der Waals surface area contributed by atoms with Crippen LogP contribution in [0.3, 0.4) is 0 Å². The summed E-state index contributed by atoms with van der Waals surface area (Å²) in [5.41, 5.74) is 5.88. The van der Waals surface area contributed by atoms with Crippen LogP contribution in [0.5, 0.6) is 0 Å². The molecule has 0 spiro atoms. The molecular weight excluding hydrogens is 220 g/mol. The lowest BCUT2D eigenvalue weighted by Gasteiger charge is -2.33. The SMILES string of the molecule is C[C@@H]1CNCCN1C(=O)c1cc(C(N)=O)c[nH]1. The molecule has 0 aromatic carbocycles. The van der Waals surface area contributed by atoms with Gasteiger partial charge >= 0.3 is 0 Å². The number of rotatable bonds is 2. The first-order valence-corrected chi connectivity index (χ1v) is 5.59. The molecule has 92 valence electrons. The number of hydrogen-bond donors (Lipinski definition) is 3. The standard InChI is InChI=1S/C11H16N4O2/c1-7-5-13-2-3-15(7)11(17)9-4-8(6-14-9)10(12)16/h4,6-7,13-14H,2-3,5H2,1H3,(H2,12,16)/t7-/m1/s1. The van der Waals surface area contributed by atoms with Gasteiger partial charge in [-0.15, -0.1) is 0 Å². The van der Waals surface area contributed by atoms with E-state index >= 15 is 0 Å². The second-order valence-electron chi connectivity index (χ2n) is 4.22. The van der Waals surface area contributed by atoms with Gasteiger partial charge in [0.25, 0.3) is 5.91 Å². The summed E-state index contributed by atoms with van der Waals surface area (Å²) in [7, 11) is 0. The zero-order valence-corrected chi connectivity index (χ0v) is 9.69. The Hall–Kier alpha value is -1.82. The van der Waals surface area contributed by atoms with Crippen molar-refractivity contribution in [2.45, 2.75) is 13.0 Å². The minimum atomic E-state index is -0.534. The largest absolute Gasteiger partial charge is 0.366 e. The number of hydrogen-bond acceptors (Lipinski definition) is 3. The van der Waals surface area contributed by atoms with Crippen molar-refractivity contribution in [3.63, 3.8) is 0 Å². The number of nitrogens with two attached hydrogens (primary N) is 1. The lowest BCUT2D eigenvalue weighted by molar-refractivity contribution is 0.0650. The van der Waals surface area contributed by atoms with Crippen LogP contribution < -0.4 is 11.1 Å². The van der Waals surface area contributed by atoms with Gasteiger partial charge in [0.1, 0.15) is 5.69 Å². The summed E-state index contributed by atoms with van der Waals surface area (Å²) in [6.07, 6.45) is 1.46. The number of aromatic amines is 1. The lowest BCUT2D eigenvalue weighted by Crippen LogP contribution is -2.52. The van der Waals surface area contributed by atoms with E-state index in [1.165, 1.54) is 12.3 Å². The summed E-state index contributed by atoms with van der Waals surface area (Å²) in [6.45, 7) is 4.24. The molecule has 2 heterocycles. The molecule has 1 aromatic rings. The molecule has 1 atom stereocenters. The summed E-state index contributed by atoms with van der Waals surface area (Å²) in [6, 6.07) is 1.65. The highest BCUT2D eigenvalue weighted by atomic mass is 16.2. The number of aromatic nitrogens is 1. The maximum Gasteiger partial charge on any atom is 0.270 e. The first-order chi connectivity index (χ1) is 8.09. The molecule has 0 radical (unpaired) electrons. The van der Waals surface area contributed by atoms with Crippen LogP contribution in [0.4, 0.5) is 0 Å². The van der Waals surface area contributed by atoms with Gasteiger partial charge in [-0.2, -0.15) is 0 Å². The van der Waals surface area contributed by atoms with E-state index in [2.05, 4.69) is 10.3 Å². The number of primary amides is 1. The number of piperazine rings is 1. The molecule has 1 fully saturated rings. The van der Waals surface area contributed by atoms with Crippen molar-refractivity contribution < 1.29 is 9.59 Å². The fourth-order valence-corrected chi connectivity index (χ4v) is 1.96. The van der Waals surface area contributed by atoms with Gasteiger partial charge in [-0.1, -0.05) is 0 Å². The molecule has 0 bridgehead atoms. The molecule has 1 aliphatic heterocycles. The second kappa shape index (κ2) is 4.58. The molecule has 6 heteroatoms. The van der Waals surface area contributed by atoms with Gasteiger partial charge in [-0.25, -0.2) is 0 Å². The predicted molar refractivity (Wildman–Crippen MR) is 62.7 cm³/mol. The van der Waals surface area contributed by atoms with Crippen LogP contribution in [-0.2, 0) is 0 Å². The van der Waals surface area contributed by atoms with Crippen LogP contribution in [0.25, 0.3) is 0 Å². The number of nitrogens with zero attached hydrogens (tertiary/aromatic N) is 1. The maximum absolute atomic E-state index is 12.2. The number of H-pyrrole nitrogens is 1. The zero-order valence-electron chi connectivity index (χ0n) is 9.69. The lowest BCUT2D eigenvalue weighted by atomic mass is 10.2. The van der Waals surface area contributed by atoms with Crippen LogP contribution in [0, 0.1) is 0 Å². The normalized spacial score (nSPS) is 20.3. The Morgan fingerprint density at radius 1 is 1.53 bits per heavy atom. The average molecular weight is 236 g/mol. The van der Waals surface area contributed by atoms with Crippen LogP contribution in [0.2, 0.25) is 0 Å². The van der Waals surface area contributed by atoms with E-state index in [4.69, 9.17) is 5.73 Å². The van der Waals surface area contributed by atoms with Crippen LogP contribution in [-0.4, -0.2) is 47.4 Å². The van der Waals surface area contributed by atoms with Gasteiger partial charge < -0.3 is 20.9 Å². The molecule has 0 aliphatic carbocycles. The summed E-state index contributed by atoms with van der Waals surface area (Å²) >= 11 is 0. The van der Waals surface area contributed by atoms with Crippen LogP contribution in [0.15, 0.2) is 12.3 Å². The summed E-state index contributed by atoms with van der Waals surface area (Å²) in [5.74, 6) is -0.625. The van der Waals surface area contributed by atoms with Crippen molar-refractivity contribution in [1.82, 2.24) is 15.2 Å². The minimum absolute atomic E-state index is 0.0912. The molecule has 17 heavy (non-hydrogen) atoms. The summed E-state index contributed by atoms with van der Waals surface area (Å²) in [4.78, 5) is 27.7. The van der Waals surface area contributed by atoms with E-state index in [-0.39, 0.29) is 11.9 Å². The van der Waals surface area contributed by atoms with Crippen LogP contribution in [0.1, 0.15) is 27.8 Å². The molecule has 4 N–H and O–H groups in total. The van der Waals surface area contributed by atoms with E-state index < -0.39 is 5.91 Å². The fourth-order valence-electron chi connectivity index (χ4n) is 1.96. The summed E-state index contributed by atoms with van der Waals surface area (Å²) < 4.78 is 0. The van der Waals surface area contributed by atoms with Crippen molar-refractivity contribution in [1.29, 1.82) is 0 Å². The smallest absolute Gasteiger partial charge is 0.270 e. The Balaban J connectivity index is 2.15. The van der Waals surface area contributed by atoms with E-state index in [0.717, 1.165) is 13.1 Å². The fraction of sp³-hybridized carbons (Fsp3) is 0.455. The highest BCUT2D eigenvalue weighted by Gasteiger charge is 2.25. The number of carbonyl (C=O) groups excluding carboxylic acids is 2. The first-order valence-electron chi connectivity index (χ1n) is 5.59. The second-order valence-corrected chi connectivity index (χ2v) is 4.22. The Morgan fingerprint density at radius 3 is 2.88 bits per heavy atom.